The van der Waals surface area contributed by atoms with Crippen LogP contribution in [0.25, 0.3) is 0 Å². The van der Waals surface area contributed by atoms with Gasteiger partial charge < -0.3 is 11.1 Å². The van der Waals surface area contributed by atoms with Gasteiger partial charge in [-0.1, -0.05) is 13.8 Å². The molecule has 0 aliphatic rings. The van der Waals surface area contributed by atoms with Gasteiger partial charge in [-0.05, 0) is 43.5 Å². The summed E-state index contributed by atoms with van der Waals surface area (Å²) in [4.78, 5) is 0. The largest absolute Gasteiger partial charge is 0.399 e. The van der Waals surface area contributed by atoms with Gasteiger partial charge in [0.25, 0.3) is 0 Å². The van der Waals surface area contributed by atoms with E-state index in [-0.39, 0.29) is 0 Å². The Bertz CT molecular complexity index is 290. The second-order valence-corrected chi connectivity index (χ2v) is 3.73. The lowest BCUT2D eigenvalue weighted by atomic mass is 10.1. The van der Waals surface area contributed by atoms with Crippen molar-refractivity contribution in [1.82, 2.24) is 0 Å². The maximum Gasteiger partial charge on any atom is 0.0373 e. The van der Waals surface area contributed by atoms with Gasteiger partial charge in [0.15, 0.2) is 0 Å². The maximum absolute atomic E-state index is 5.70. The predicted molar refractivity (Wildman–Crippen MR) is 63.6 cm³/mol. The molecule has 0 aromatic heterocycles. The van der Waals surface area contributed by atoms with Crippen LogP contribution in [0.3, 0.4) is 0 Å². The van der Waals surface area contributed by atoms with Gasteiger partial charge in [-0.2, -0.15) is 0 Å². The van der Waals surface area contributed by atoms with E-state index in [2.05, 4.69) is 32.2 Å². The van der Waals surface area contributed by atoms with Crippen molar-refractivity contribution in [2.75, 3.05) is 11.1 Å². The highest BCUT2D eigenvalue weighted by Gasteiger charge is 2.04. The average molecular weight is 192 g/mol. The maximum atomic E-state index is 5.70. The zero-order chi connectivity index (χ0) is 10.6. The van der Waals surface area contributed by atoms with Crippen LogP contribution in [0.15, 0.2) is 18.2 Å². The van der Waals surface area contributed by atoms with Gasteiger partial charge in [0, 0.05) is 17.4 Å². The van der Waals surface area contributed by atoms with Gasteiger partial charge in [-0.25, -0.2) is 0 Å². The van der Waals surface area contributed by atoms with Crippen LogP contribution in [-0.4, -0.2) is 6.04 Å². The quantitative estimate of drug-likeness (QED) is 0.719. The van der Waals surface area contributed by atoms with Gasteiger partial charge in [0.05, 0.1) is 0 Å². The molecule has 3 N–H and O–H groups in total. The van der Waals surface area contributed by atoms with Crippen molar-refractivity contribution in [3.8, 4) is 0 Å². The van der Waals surface area contributed by atoms with Gasteiger partial charge in [-0.3, -0.25) is 0 Å². The smallest absolute Gasteiger partial charge is 0.0373 e. The third kappa shape index (κ3) is 2.66. The zero-order valence-electron chi connectivity index (χ0n) is 9.30. The van der Waals surface area contributed by atoms with E-state index in [4.69, 9.17) is 5.73 Å². The first kappa shape index (κ1) is 10.9. The first-order valence-corrected chi connectivity index (χ1v) is 5.30. The molecule has 0 bridgehead atoms. The second-order valence-electron chi connectivity index (χ2n) is 3.73. The molecule has 0 saturated heterocycles. The molecular weight excluding hydrogens is 172 g/mol. The van der Waals surface area contributed by atoms with Crippen LogP contribution in [0.5, 0.6) is 0 Å². The van der Waals surface area contributed by atoms with Crippen LogP contribution in [0.2, 0.25) is 0 Å². The van der Waals surface area contributed by atoms with Crippen molar-refractivity contribution in [3.05, 3.63) is 23.8 Å². The molecule has 14 heavy (non-hydrogen) atoms. The summed E-state index contributed by atoms with van der Waals surface area (Å²) in [5.74, 6) is 0. The molecule has 0 fully saturated rings. The van der Waals surface area contributed by atoms with Crippen molar-refractivity contribution in [1.29, 1.82) is 0 Å². The number of nitrogens with two attached hydrogens (primary N) is 1. The van der Waals surface area contributed by atoms with Gasteiger partial charge >= 0.3 is 0 Å². The highest BCUT2D eigenvalue weighted by molar-refractivity contribution is 5.57. The molecule has 2 nitrogen and oxygen atoms in total. The molecule has 1 rings (SSSR count). The normalized spacial score (nSPS) is 10.6. The lowest BCUT2D eigenvalue weighted by Crippen LogP contribution is -2.17. The number of aryl methyl sites for hydroxylation is 1. The summed E-state index contributed by atoms with van der Waals surface area (Å²) in [6.07, 6.45) is 2.31. The SMILES string of the molecule is CCC(CC)Nc1ccc(N)cc1C. The van der Waals surface area contributed by atoms with Gasteiger partial charge in [0.1, 0.15) is 0 Å². The number of hydrogen-bond donors (Lipinski definition) is 2. The summed E-state index contributed by atoms with van der Waals surface area (Å²) in [6, 6.07) is 6.57. The molecule has 0 radical (unpaired) electrons. The fourth-order valence-corrected chi connectivity index (χ4v) is 1.56. The molecule has 0 aliphatic heterocycles. The molecule has 2 heteroatoms. The van der Waals surface area contributed by atoms with Crippen LogP contribution in [-0.2, 0) is 0 Å². The standard InChI is InChI=1S/C12H20N2/c1-4-11(5-2)14-12-7-6-10(13)8-9(12)3/h6-8,11,14H,4-5,13H2,1-3H3. The lowest BCUT2D eigenvalue weighted by Gasteiger charge is -2.18. The number of rotatable bonds is 4. The number of nitrogen functional groups attached to an aromatic ring is 1. The summed E-state index contributed by atoms with van der Waals surface area (Å²) in [5, 5.41) is 3.52. The molecule has 0 unspecified atom stereocenters. The Labute approximate surface area is 86.5 Å². The fraction of sp³-hybridized carbons (Fsp3) is 0.500. The molecule has 0 atom stereocenters. The van der Waals surface area contributed by atoms with E-state index in [1.807, 2.05) is 12.1 Å². The first-order chi connectivity index (χ1) is 6.67. The molecule has 0 heterocycles. The van der Waals surface area contributed by atoms with E-state index in [1.165, 1.54) is 11.3 Å². The lowest BCUT2D eigenvalue weighted by molar-refractivity contribution is 0.671. The monoisotopic (exact) mass is 192 g/mol. The summed E-state index contributed by atoms with van der Waals surface area (Å²) in [7, 11) is 0. The Morgan fingerprint density at radius 1 is 1.29 bits per heavy atom. The Hall–Kier alpha value is -1.18. The van der Waals surface area contributed by atoms with Crippen molar-refractivity contribution in [2.45, 2.75) is 39.7 Å². The summed E-state index contributed by atoms with van der Waals surface area (Å²) in [6.45, 7) is 6.49. The van der Waals surface area contributed by atoms with Crippen molar-refractivity contribution in [3.63, 3.8) is 0 Å². The number of anilines is 2. The van der Waals surface area contributed by atoms with Crippen molar-refractivity contribution in [2.24, 2.45) is 0 Å². The minimum Gasteiger partial charge on any atom is -0.399 e. The van der Waals surface area contributed by atoms with Crippen LogP contribution >= 0.6 is 0 Å². The minimum absolute atomic E-state index is 0.567. The van der Waals surface area contributed by atoms with Gasteiger partial charge in [0.2, 0.25) is 0 Å². The minimum atomic E-state index is 0.567. The summed E-state index contributed by atoms with van der Waals surface area (Å²) in [5.41, 5.74) is 8.95. The van der Waals surface area contributed by atoms with E-state index < -0.39 is 0 Å². The fourth-order valence-electron chi connectivity index (χ4n) is 1.56. The molecule has 78 valence electrons. The molecular formula is C12H20N2. The third-order valence-electron chi connectivity index (χ3n) is 2.60. The predicted octanol–water partition coefficient (Wildman–Crippen LogP) is 3.18. The molecule has 1 aromatic carbocycles. The number of hydrogen-bond acceptors (Lipinski definition) is 2. The van der Waals surface area contributed by atoms with E-state index in [0.29, 0.717) is 6.04 Å². The Balaban J connectivity index is 2.76. The Morgan fingerprint density at radius 2 is 1.93 bits per heavy atom. The van der Waals surface area contributed by atoms with E-state index >= 15 is 0 Å². The third-order valence-corrected chi connectivity index (χ3v) is 2.60. The molecule has 1 aromatic rings. The van der Waals surface area contributed by atoms with Crippen LogP contribution in [0.4, 0.5) is 11.4 Å². The van der Waals surface area contributed by atoms with Crippen molar-refractivity contribution >= 4 is 11.4 Å². The topological polar surface area (TPSA) is 38.0 Å². The Kier molecular flexibility index (Phi) is 3.81. The molecule has 0 aliphatic carbocycles. The summed E-state index contributed by atoms with van der Waals surface area (Å²) >= 11 is 0. The van der Waals surface area contributed by atoms with Gasteiger partial charge in [-0.15, -0.1) is 0 Å². The van der Waals surface area contributed by atoms with Crippen LogP contribution in [0.1, 0.15) is 32.3 Å². The number of benzene rings is 1. The second kappa shape index (κ2) is 4.89. The zero-order valence-corrected chi connectivity index (χ0v) is 9.30. The first-order valence-electron chi connectivity index (χ1n) is 5.30. The van der Waals surface area contributed by atoms with E-state index in [1.54, 1.807) is 0 Å². The molecule has 0 amide bonds. The van der Waals surface area contributed by atoms with E-state index in [0.717, 1.165) is 18.5 Å². The average Bonchev–Trinajstić information content (AvgIpc) is 2.17. The van der Waals surface area contributed by atoms with Crippen LogP contribution in [0, 0.1) is 6.92 Å². The highest BCUT2D eigenvalue weighted by Crippen LogP contribution is 2.19. The number of nitrogens with one attached hydrogen (secondary N) is 1. The highest BCUT2D eigenvalue weighted by atomic mass is 14.9. The summed E-state index contributed by atoms with van der Waals surface area (Å²) < 4.78 is 0. The van der Waals surface area contributed by atoms with Crippen LogP contribution < -0.4 is 11.1 Å². The van der Waals surface area contributed by atoms with E-state index in [9.17, 15) is 0 Å². The molecule has 0 saturated carbocycles. The molecule has 0 spiro atoms. The van der Waals surface area contributed by atoms with Crippen molar-refractivity contribution < 1.29 is 0 Å². The Morgan fingerprint density at radius 3 is 2.43 bits per heavy atom.